The minimum atomic E-state index is -0.412. The molecule has 2 amide bonds. The van der Waals surface area contributed by atoms with Gasteiger partial charge >= 0.3 is 0 Å². The molecule has 2 atom stereocenters. The second-order valence-electron chi connectivity index (χ2n) is 6.18. The van der Waals surface area contributed by atoms with E-state index in [4.69, 9.17) is 0 Å². The van der Waals surface area contributed by atoms with Gasteiger partial charge in [0.05, 0.1) is 23.2 Å². The average Bonchev–Trinajstić information content (AvgIpc) is 3.04. The van der Waals surface area contributed by atoms with Gasteiger partial charge in [-0.15, -0.1) is 0 Å². The summed E-state index contributed by atoms with van der Waals surface area (Å²) in [6.07, 6.45) is 0.160. The Labute approximate surface area is 146 Å². The quantitative estimate of drug-likeness (QED) is 0.935. The van der Waals surface area contributed by atoms with Gasteiger partial charge in [0.15, 0.2) is 0 Å². The van der Waals surface area contributed by atoms with Crippen LogP contribution in [0.4, 0.5) is 5.69 Å². The highest BCUT2D eigenvalue weighted by atomic mass is 16.2. The molecule has 126 valence electrons. The van der Waals surface area contributed by atoms with Gasteiger partial charge in [-0.3, -0.25) is 9.59 Å². The van der Waals surface area contributed by atoms with Crippen molar-refractivity contribution in [2.24, 2.45) is 5.92 Å². The fraction of sp³-hybridized carbons (Fsp3) is 0.250. The lowest BCUT2D eigenvalue weighted by molar-refractivity contribution is -0.126. The molecule has 3 rings (SSSR count). The van der Waals surface area contributed by atoms with Crippen molar-refractivity contribution in [1.29, 1.82) is 5.26 Å². The first-order valence-electron chi connectivity index (χ1n) is 8.25. The maximum atomic E-state index is 12.6. The van der Waals surface area contributed by atoms with Crippen molar-refractivity contribution in [3.63, 3.8) is 0 Å². The van der Waals surface area contributed by atoms with E-state index in [9.17, 15) is 14.9 Å². The number of carbonyl (C=O) groups excluding carboxylic acids is 2. The van der Waals surface area contributed by atoms with Gasteiger partial charge in [0.2, 0.25) is 11.8 Å². The van der Waals surface area contributed by atoms with Gasteiger partial charge in [0.1, 0.15) is 6.07 Å². The molecule has 1 aliphatic rings. The zero-order valence-corrected chi connectivity index (χ0v) is 14.0. The molecule has 1 fully saturated rings. The van der Waals surface area contributed by atoms with Crippen LogP contribution in [0.2, 0.25) is 0 Å². The molecular formula is C20H19N3O2. The normalized spacial score (nSPS) is 17.8. The third kappa shape index (κ3) is 3.53. The Morgan fingerprint density at radius 2 is 1.88 bits per heavy atom. The third-order valence-corrected chi connectivity index (χ3v) is 4.47. The van der Waals surface area contributed by atoms with Crippen molar-refractivity contribution in [2.75, 3.05) is 11.4 Å². The first kappa shape index (κ1) is 16.7. The lowest BCUT2D eigenvalue weighted by Gasteiger charge is -2.19. The van der Waals surface area contributed by atoms with Gasteiger partial charge in [-0.25, -0.2) is 0 Å². The highest BCUT2D eigenvalue weighted by Crippen LogP contribution is 2.28. The van der Waals surface area contributed by atoms with E-state index < -0.39 is 5.92 Å². The summed E-state index contributed by atoms with van der Waals surface area (Å²) in [6, 6.07) is 18.6. The summed E-state index contributed by atoms with van der Waals surface area (Å²) in [5, 5.41) is 12.2. The second-order valence-corrected chi connectivity index (χ2v) is 6.18. The van der Waals surface area contributed by atoms with Gasteiger partial charge in [-0.05, 0) is 24.6 Å². The van der Waals surface area contributed by atoms with Crippen molar-refractivity contribution in [3.05, 3.63) is 65.7 Å². The number of rotatable bonds is 4. The molecule has 1 heterocycles. The maximum Gasteiger partial charge on any atom is 0.227 e. The van der Waals surface area contributed by atoms with Gasteiger partial charge in [-0.1, -0.05) is 42.5 Å². The Kier molecular flexibility index (Phi) is 4.80. The number of hydrogen-bond donors (Lipinski definition) is 1. The summed E-state index contributed by atoms with van der Waals surface area (Å²) in [5.41, 5.74) is 2.03. The fourth-order valence-electron chi connectivity index (χ4n) is 3.08. The predicted molar refractivity (Wildman–Crippen MR) is 94.6 cm³/mol. The number of nitrogens with zero attached hydrogens (tertiary/aromatic N) is 2. The molecule has 25 heavy (non-hydrogen) atoms. The van der Waals surface area contributed by atoms with Crippen LogP contribution in [0.1, 0.15) is 30.5 Å². The fourth-order valence-corrected chi connectivity index (χ4v) is 3.08. The van der Waals surface area contributed by atoms with E-state index in [2.05, 4.69) is 11.4 Å². The minimum absolute atomic E-state index is 0.121. The molecule has 1 saturated heterocycles. The van der Waals surface area contributed by atoms with E-state index >= 15 is 0 Å². The van der Waals surface area contributed by atoms with E-state index in [0.717, 1.165) is 5.56 Å². The predicted octanol–water partition coefficient (Wildman–Crippen LogP) is 2.79. The van der Waals surface area contributed by atoms with E-state index in [1.165, 1.54) is 4.90 Å². The number of benzene rings is 2. The van der Waals surface area contributed by atoms with Crippen LogP contribution in [-0.4, -0.2) is 18.4 Å². The number of nitriles is 1. The molecule has 2 unspecified atom stereocenters. The summed E-state index contributed by atoms with van der Waals surface area (Å²) in [4.78, 5) is 26.4. The lowest BCUT2D eigenvalue weighted by Crippen LogP contribution is -2.34. The van der Waals surface area contributed by atoms with Crippen LogP contribution in [0, 0.1) is 17.2 Å². The van der Waals surface area contributed by atoms with Gasteiger partial charge < -0.3 is 10.2 Å². The van der Waals surface area contributed by atoms with Gasteiger partial charge in [-0.2, -0.15) is 5.26 Å². The Morgan fingerprint density at radius 1 is 1.20 bits per heavy atom. The summed E-state index contributed by atoms with van der Waals surface area (Å²) in [5.74, 6) is -0.678. The van der Waals surface area contributed by atoms with E-state index in [1.54, 1.807) is 24.3 Å². The van der Waals surface area contributed by atoms with Crippen LogP contribution in [0.5, 0.6) is 0 Å². The van der Waals surface area contributed by atoms with Crippen molar-refractivity contribution >= 4 is 17.5 Å². The molecule has 1 N–H and O–H groups in total. The summed E-state index contributed by atoms with van der Waals surface area (Å²) >= 11 is 0. The first-order chi connectivity index (χ1) is 12.1. The molecule has 0 radical (unpaired) electrons. The molecule has 0 aromatic heterocycles. The summed E-state index contributed by atoms with van der Waals surface area (Å²) < 4.78 is 0. The van der Waals surface area contributed by atoms with Crippen LogP contribution in [0.3, 0.4) is 0 Å². The van der Waals surface area contributed by atoms with Crippen LogP contribution in [0.25, 0.3) is 0 Å². The molecule has 0 spiro atoms. The van der Waals surface area contributed by atoms with Crippen LogP contribution >= 0.6 is 0 Å². The Balaban J connectivity index is 1.70. The maximum absolute atomic E-state index is 12.6. The van der Waals surface area contributed by atoms with Gasteiger partial charge in [0, 0.05) is 13.0 Å². The highest BCUT2D eigenvalue weighted by Gasteiger charge is 2.36. The van der Waals surface area contributed by atoms with E-state index in [-0.39, 0.29) is 24.3 Å². The zero-order valence-electron chi connectivity index (χ0n) is 14.0. The van der Waals surface area contributed by atoms with E-state index in [0.29, 0.717) is 17.8 Å². The second kappa shape index (κ2) is 7.18. The largest absolute Gasteiger partial charge is 0.349 e. The van der Waals surface area contributed by atoms with Crippen molar-refractivity contribution in [2.45, 2.75) is 19.4 Å². The monoisotopic (exact) mass is 333 g/mol. The third-order valence-electron chi connectivity index (χ3n) is 4.47. The van der Waals surface area contributed by atoms with Crippen LogP contribution in [-0.2, 0) is 9.59 Å². The molecule has 2 aromatic rings. The number of nitrogens with one attached hydrogen (secondary N) is 1. The molecule has 2 aromatic carbocycles. The number of carbonyl (C=O) groups is 2. The number of amides is 2. The molecule has 0 bridgehead atoms. The Morgan fingerprint density at radius 3 is 2.60 bits per heavy atom. The number of hydrogen-bond acceptors (Lipinski definition) is 3. The van der Waals surface area contributed by atoms with Crippen molar-refractivity contribution < 1.29 is 9.59 Å². The molecule has 5 nitrogen and oxygen atoms in total. The molecular weight excluding hydrogens is 314 g/mol. The van der Waals surface area contributed by atoms with Crippen LogP contribution in [0.15, 0.2) is 54.6 Å². The Hall–Kier alpha value is -3.13. The smallest absolute Gasteiger partial charge is 0.227 e. The van der Waals surface area contributed by atoms with Crippen molar-refractivity contribution in [3.8, 4) is 6.07 Å². The molecule has 5 heteroatoms. The topological polar surface area (TPSA) is 73.2 Å². The first-order valence-corrected chi connectivity index (χ1v) is 8.25. The molecule has 1 aliphatic heterocycles. The summed E-state index contributed by atoms with van der Waals surface area (Å²) in [6.45, 7) is 2.22. The van der Waals surface area contributed by atoms with Crippen molar-refractivity contribution in [1.82, 2.24) is 5.32 Å². The molecule has 0 aliphatic carbocycles. The average molecular weight is 333 g/mol. The highest BCUT2D eigenvalue weighted by molar-refractivity contribution is 6.01. The lowest BCUT2D eigenvalue weighted by atomic mass is 10.1. The van der Waals surface area contributed by atoms with Gasteiger partial charge in [0.25, 0.3) is 0 Å². The number of anilines is 1. The SMILES string of the molecule is CC(NC(=O)C1CC(=O)N(c2ccccc2C#N)C1)c1ccccc1. The number of para-hydroxylation sites is 1. The Bertz CT molecular complexity index is 826. The standard InChI is InChI=1S/C20H19N3O2/c1-14(15-7-3-2-4-8-15)22-20(25)17-11-19(24)23(13-17)18-10-6-5-9-16(18)12-21/h2-10,14,17H,11,13H2,1H3,(H,22,25). The van der Waals surface area contributed by atoms with E-state index in [1.807, 2.05) is 37.3 Å². The zero-order chi connectivity index (χ0) is 17.8. The summed E-state index contributed by atoms with van der Waals surface area (Å²) in [7, 11) is 0. The minimum Gasteiger partial charge on any atom is -0.349 e. The van der Waals surface area contributed by atoms with Crippen LogP contribution < -0.4 is 10.2 Å². The molecule has 0 saturated carbocycles.